The van der Waals surface area contributed by atoms with Crippen molar-refractivity contribution in [3.8, 4) is 11.5 Å². The van der Waals surface area contributed by atoms with Gasteiger partial charge in [0, 0.05) is 54.8 Å². The van der Waals surface area contributed by atoms with Crippen molar-refractivity contribution in [1.82, 2.24) is 20.5 Å². The van der Waals surface area contributed by atoms with E-state index in [4.69, 9.17) is 9.47 Å². The van der Waals surface area contributed by atoms with Crippen LogP contribution >= 0.6 is 0 Å². The number of aromatic amines is 1. The molecule has 44 heavy (non-hydrogen) atoms. The van der Waals surface area contributed by atoms with Crippen molar-refractivity contribution in [1.29, 1.82) is 0 Å². The van der Waals surface area contributed by atoms with Crippen LogP contribution in [0.15, 0.2) is 60.8 Å². The van der Waals surface area contributed by atoms with Gasteiger partial charge >= 0.3 is 0 Å². The van der Waals surface area contributed by atoms with E-state index < -0.39 is 35.4 Å². The number of methoxy groups -OCH3 is 2. The molecular formula is C33H34F2N4O5. The SMILES string of the molecule is COc1ccc2c(c1OC)CN(C(=O)C(Cc1c[nH]c3ccccc13)NC(=O)C(C)C(=O)NCc1cc(F)cc(F)c1)CC2. The Labute approximate surface area is 253 Å². The number of carbonyl (C=O) groups is 3. The minimum Gasteiger partial charge on any atom is -0.493 e. The molecule has 230 valence electrons. The van der Waals surface area contributed by atoms with E-state index in [1.807, 2.05) is 42.6 Å². The number of hydrogen-bond donors (Lipinski definition) is 3. The number of benzene rings is 3. The predicted molar refractivity (Wildman–Crippen MR) is 160 cm³/mol. The number of rotatable bonds is 10. The third-order valence-electron chi connectivity index (χ3n) is 7.95. The molecule has 2 atom stereocenters. The number of hydrogen-bond acceptors (Lipinski definition) is 5. The molecular weight excluding hydrogens is 570 g/mol. The van der Waals surface area contributed by atoms with E-state index in [0.717, 1.165) is 45.8 Å². The van der Waals surface area contributed by atoms with Crippen molar-refractivity contribution in [2.75, 3.05) is 20.8 Å². The highest BCUT2D eigenvalue weighted by Crippen LogP contribution is 2.36. The monoisotopic (exact) mass is 604 g/mol. The molecule has 9 nitrogen and oxygen atoms in total. The molecule has 4 aromatic rings. The average Bonchev–Trinajstić information content (AvgIpc) is 3.43. The molecule has 3 N–H and O–H groups in total. The van der Waals surface area contributed by atoms with Crippen LogP contribution in [-0.4, -0.2) is 54.4 Å². The number of para-hydroxylation sites is 1. The van der Waals surface area contributed by atoms with E-state index in [2.05, 4.69) is 15.6 Å². The highest BCUT2D eigenvalue weighted by Gasteiger charge is 2.33. The normalized spacial score (nSPS) is 14.0. The Hall–Kier alpha value is -4.93. The second kappa shape index (κ2) is 13.2. The van der Waals surface area contributed by atoms with Crippen LogP contribution in [0.4, 0.5) is 8.78 Å². The van der Waals surface area contributed by atoms with E-state index >= 15 is 0 Å². The number of nitrogens with zero attached hydrogens (tertiary/aromatic N) is 1. The van der Waals surface area contributed by atoms with Crippen LogP contribution in [0.5, 0.6) is 11.5 Å². The maximum Gasteiger partial charge on any atom is 0.245 e. The quantitative estimate of drug-likeness (QED) is 0.237. The van der Waals surface area contributed by atoms with Gasteiger partial charge in [-0.15, -0.1) is 0 Å². The summed E-state index contributed by atoms with van der Waals surface area (Å²) in [5.74, 6) is -3.20. The van der Waals surface area contributed by atoms with Crippen molar-refractivity contribution in [2.45, 2.75) is 38.9 Å². The molecule has 0 radical (unpaired) electrons. The van der Waals surface area contributed by atoms with Crippen molar-refractivity contribution in [2.24, 2.45) is 5.92 Å². The Morgan fingerprint density at radius 3 is 2.48 bits per heavy atom. The van der Waals surface area contributed by atoms with Crippen molar-refractivity contribution in [3.63, 3.8) is 0 Å². The fourth-order valence-corrected chi connectivity index (χ4v) is 5.56. The van der Waals surface area contributed by atoms with Crippen LogP contribution in [0, 0.1) is 17.6 Å². The number of aromatic nitrogens is 1. The summed E-state index contributed by atoms with van der Waals surface area (Å²) in [6.07, 6.45) is 2.59. The lowest BCUT2D eigenvalue weighted by atomic mass is 9.96. The fraction of sp³-hybridized carbons (Fsp3) is 0.303. The molecule has 1 aliphatic rings. The van der Waals surface area contributed by atoms with Crippen molar-refractivity contribution < 1.29 is 32.6 Å². The number of halogens is 2. The molecule has 2 heterocycles. The van der Waals surface area contributed by atoms with Crippen molar-refractivity contribution >= 4 is 28.6 Å². The average molecular weight is 605 g/mol. The fourth-order valence-electron chi connectivity index (χ4n) is 5.56. The smallest absolute Gasteiger partial charge is 0.245 e. The van der Waals surface area contributed by atoms with E-state index in [-0.39, 0.29) is 31.0 Å². The topological polar surface area (TPSA) is 113 Å². The molecule has 2 unspecified atom stereocenters. The molecule has 3 amide bonds. The molecule has 5 rings (SSSR count). The Morgan fingerprint density at radius 2 is 1.75 bits per heavy atom. The minimum atomic E-state index is -1.18. The standard InChI is InChI=1S/C33H34F2N4O5/c1-19(31(40)37-16-20-12-23(34)15-24(35)13-20)32(41)38-28(14-22-17-36-27-7-5-4-6-25(22)27)33(42)39-11-10-21-8-9-29(43-2)30(44-3)26(21)18-39/h4-9,12-13,15,17,19,28,36H,10-11,14,16,18H2,1-3H3,(H,37,40)(H,38,41). The van der Waals surface area contributed by atoms with Gasteiger partial charge in [-0.25, -0.2) is 8.78 Å². The van der Waals surface area contributed by atoms with Gasteiger partial charge in [0.2, 0.25) is 17.7 Å². The molecule has 1 aromatic heterocycles. The molecule has 11 heteroatoms. The first kappa shape index (κ1) is 30.5. The lowest BCUT2D eigenvalue weighted by Gasteiger charge is -2.33. The molecule has 0 saturated heterocycles. The van der Waals surface area contributed by atoms with Crippen LogP contribution in [0.1, 0.15) is 29.2 Å². The second-order valence-corrected chi connectivity index (χ2v) is 10.8. The minimum absolute atomic E-state index is 0.165. The highest BCUT2D eigenvalue weighted by molar-refractivity contribution is 6.01. The first-order valence-electron chi connectivity index (χ1n) is 14.3. The summed E-state index contributed by atoms with van der Waals surface area (Å²) in [7, 11) is 3.10. The van der Waals surface area contributed by atoms with Gasteiger partial charge < -0.3 is 30.0 Å². The summed E-state index contributed by atoms with van der Waals surface area (Å²) in [4.78, 5) is 45.2. The van der Waals surface area contributed by atoms with E-state index in [1.165, 1.54) is 6.92 Å². The van der Waals surface area contributed by atoms with Gasteiger partial charge in [-0.2, -0.15) is 0 Å². The zero-order valence-corrected chi connectivity index (χ0v) is 24.7. The lowest BCUT2D eigenvalue weighted by Crippen LogP contribution is -2.53. The van der Waals surface area contributed by atoms with Gasteiger partial charge in [0.25, 0.3) is 0 Å². The number of carbonyl (C=O) groups excluding carboxylic acids is 3. The van der Waals surface area contributed by atoms with E-state index in [9.17, 15) is 23.2 Å². The molecule has 0 bridgehead atoms. The van der Waals surface area contributed by atoms with Gasteiger partial charge in [-0.1, -0.05) is 24.3 Å². The second-order valence-electron chi connectivity index (χ2n) is 10.8. The maximum atomic E-state index is 14.1. The molecule has 1 aliphatic heterocycles. The predicted octanol–water partition coefficient (Wildman–Crippen LogP) is 4.03. The number of nitrogens with one attached hydrogen (secondary N) is 3. The third kappa shape index (κ3) is 6.51. The van der Waals surface area contributed by atoms with E-state index in [1.54, 1.807) is 19.1 Å². The largest absolute Gasteiger partial charge is 0.493 e. The zero-order valence-electron chi connectivity index (χ0n) is 24.7. The lowest BCUT2D eigenvalue weighted by molar-refractivity contribution is -0.140. The summed E-state index contributed by atoms with van der Waals surface area (Å²) in [5.41, 5.74) is 3.83. The summed E-state index contributed by atoms with van der Waals surface area (Å²) >= 11 is 0. The summed E-state index contributed by atoms with van der Waals surface area (Å²) in [6, 6.07) is 13.4. The van der Waals surface area contributed by atoms with Crippen LogP contribution in [0.25, 0.3) is 10.9 Å². The van der Waals surface area contributed by atoms with Crippen LogP contribution in [0.2, 0.25) is 0 Å². The number of ether oxygens (including phenoxy) is 2. The first-order chi connectivity index (χ1) is 21.2. The maximum absolute atomic E-state index is 14.1. The van der Waals surface area contributed by atoms with Gasteiger partial charge in [0.1, 0.15) is 23.6 Å². The summed E-state index contributed by atoms with van der Waals surface area (Å²) in [6.45, 7) is 1.94. The number of amides is 3. The first-order valence-corrected chi connectivity index (χ1v) is 14.3. The van der Waals surface area contributed by atoms with Crippen LogP contribution in [0.3, 0.4) is 0 Å². The van der Waals surface area contributed by atoms with Crippen molar-refractivity contribution in [3.05, 3.63) is 94.7 Å². The Morgan fingerprint density at radius 1 is 1.00 bits per heavy atom. The highest BCUT2D eigenvalue weighted by atomic mass is 19.1. The molecule has 3 aromatic carbocycles. The van der Waals surface area contributed by atoms with Crippen LogP contribution in [-0.2, 0) is 40.3 Å². The van der Waals surface area contributed by atoms with Crippen LogP contribution < -0.4 is 20.1 Å². The molecule has 0 aliphatic carbocycles. The van der Waals surface area contributed by atoms with Gasteiger partial charge in [-0.3, -0.25) is 14.4 Å². The Balaban J connectivity index is 1.35. The molecule has 0 saturated carbocycles. The molecule has 0 fully saturated rings. The van der Waals surface area contributed by atoms with E-state index in [0.29, 0.717) is 24.5 Å². The number of fused-ring (bicyclic) bond motifs is 2. The number of H-pyrrole nitrogens is 1. The van der Waals surface area contributed by atoms with Gasteiger partial charge in [0.15, 0.2) is 11.5 Å². The summed E-state index contributed by atoms with van der Waals surface area (Å²) < 4.78 is 38.2. The summed E-state index contributed by atoms with van der Waals surface area (Å²) in [5, 5.41) is 6.27. The third-order valence-corrected chi connectivity index (χ3v) is 7.95. The van der Waals surface area contributed by atoms with Gasteiger partial charge in [0.05, 0.1) is 14.2 Å². The molecule has 0 spiro atoms. The Kier molecular flexibility index (Phi) is 9.12. The Bertz CT molecular complexity index is 1680. The zero-order chi connectivity index (χ0) is 31.4. The van der Waals surface area contributed by atoms with Gasteiger partial charge in [-0.05, 0) is 54.3 Å².